The Morgan fingerprint density at radius 3 is 2.85 bits per heavy atom. The average molecular weight is 292 g/mol. The predicted molar refractivity (Wildman–Crippen MR) is 79.3 cm³/mol. The van der Waals surface area contributed by atoms with Gasteiger partial charge in [0.05, 0.1) is 16.3 Å². The number of rotatable bonds is 5. The summed E-state index contributed by atoms with van der Waals surface area (Å²) in [5.74, 6) is -1.07. The fourth-order valence-corrected chi connectivity index (χ4v) is 2.13. The Balaban J connectivity index is 2.11. The molecular weight excluding hydrogens is 278 g/mol. The summed E-state index contributed by atoms with van der Waals surface area (Å²) < 4.78 is 0. The first-order valence-electron chi connectivity index (χ1n) is 6.04. The minimum atomic E-state index is -1.07. The number of nitrogens with two attached hydrogens (primary N) is 1. The lowest BCUT2D eigenvalue weighted by atomic mass is 10.1. The van der Waals surface area contributed by atoms with Crippen molar-refractivity contribution in [1.82, 2.24) is 4.98 Å². The zero-order chi connectivity index (χ0) is 14.5. The average Bonchev–Trinajstić information content (AvgIpc) is 2.41. The van der Waals surface area contributed by atoms with Gasteiger partial charge in [0.1, 0.15) is 0 Å². The monoisotopic (exact) mass is 291 g/mol. The van der Waals surface area contributed by atoms with Crippen molar-refractivity contribution in [2.45, 2.75) is 6.42 Å². The van der Waals surface area contributed by atoms with Crippen LogP contribution in [0.3, 0.4) is 0 Å². The summed E-state index contributed by atoms with van der Waals surface area (Å²) in [5.41, 5.74) is 7.29. The third-order valence-corrected chi connectivity index (χ3v) is 3.05. The molecule has 0 saturated heterocycles. The van der Waals surface area contributed by atoms with Crippen molar-refractivity contribution in [3.05, 3.63) is 52.8 Å². The smallest absolute Gasteiger partial charge is 0.337 e. The minimum Gasteiger partial charge on any atom is -0.478 e. The van der Waals surface area contributed by atoms with Crippen LogP contribution < -0.4 is 11.1 Å². The molecule has 0 aliphatic heterocycles. The molecule has 0 amide bonds. The van der Waals surface area contributed by atoms with E-state index in [1.807, 2.05) is 18.2 Å². The molecule has 4 N–H and O–H groups in total. The first kappa shape index (κ1) is 14.1. The molecule has 104 valence electrons. The van der Waals surface area contributed by atoms with Crippen LogP contribution in [0.4, 0.5) is 11.4 Å². The lowest BCUT2D eigenvalue weighted by Crippen LogP contribution is -2.11. The first-order valence-corrected chi connectivity index (χ1v) is 6.42. The Labute approximate surface area is 121 Å². The van der Waals surface area contributed by atoms with Gasteiger partial charge in [-0.3, -0.25) is 4.98 Å². The van der Waals surface area contributed by atoms with Gasteiger partial charge in [-0.1, -0.05) is 17.7 Å². The molecule has 0 atom stereocenters. The molecular formula is C14H14ClN3O2. The van der Waals surface area contributed by atoms with Crippen LogP contribution in [0.5, 0.6) is 0 Å². The number of anilines is 2. The number of halogens is 1. The highest BCUT2D eigenvalue weighted by molar-refractivity contribution is 6.34. The molecule has 0 fully saturated rings. The van der Waals surface area contributed by atoms with E-state index in [1.165, 1.54) is 12.1 Å². The maximum Gasteiger partial charge on any atom is 0.337 e. The van der Waals surface area contributed by atoms with Crippen LogP contribution in [-0.4, -0.2) is 22.6 Å². The zero-order valence-electron chi connectivity index (χ0n) is 10.6. The highest BCUT2D eigenvalue weighted by atomic mass is 35.5. The molecule has 0 bridgehead atoms. The van der Waals surface area contributed by atoms with E-state index in [-0.39, 0.29) is 5.56 Å². The number of aromatic carboxylic acids is 1. The predicted octanol–water partition coefficient (Wildman–Crippen LogP) is 2.67. The molecule has 0 aliphatic carbocycles. The van der Waals surface area contributed by atoms with Gasteiger partial charge in [-0.2, -0.15) is 0 Å². The molecule has 2 aromatic rings. The molecule has 2 rings (SSSR count). The number of carbonyl (C=O) groups is 1. The lowest BCUT2D eigenvalue weighted by molar-refractivity contribution is 0.0698. The second-order valence-electron chi connectivity index (χ2n) is 4.23. The lowest BCUT2D eigenvalue weighted by Gasteiger charge is -2.12. The van der Waals surface area contributed by atoms with Gasteiger partial charge >= 0.3 is 5.97 Å². The molecule has 1 aromatic heterocycles. The number of aromatic nitrogens is 1. The van der Waals surface area contributed by atoms with Crippen LogP contribution in [0, 0.1) is 0 Å². The van der Waals surface area contributed by atoms with E-state index in [4.69, 9.17) is 22.4 Å². The van der Waals surface area contributed by atoms with Crippen LogP contribution in [0.15, 0.2) is 36.5 Å². The maximum atomic E-state index is 11.2. The molecule has 1 aromatic carbocycles. The van der Waals surface area contributed by atoms with Crippen LogP contribution in [-0.2, 0) is 6.42 Å². The SMILES string of the molecule is Nc1cc(Cl)c(NCCc2ccccn2)c(C(=O)O)c1. The van der Waals surface area contributed by atoms with Crippen LogP contribution in [0.25, 0.3) is 0 Å². The van der Waals surface area contributed by atoms with E-state index in [0.29, 0.717) is 29.4 Å². The van der Waals surface area contributed by atoms with E-state index in [2.05, 4.69) is 10.3 Å². The molecule has 0 spiro atoms. The summed E-state index contributed by atoms with van der Waals surface area (Å²) in [6.07, 6.45) is 2.38. The summed E-state index contributed by atoms with van der Waals surface area (Å²) in [6, 6.07) is 8.57. The summed E-state index contributed by atoms with van der Waals surface area (Å²) in [5, 5.41) is 12.5. The molecule has 6 heteroatoms. The Kier molecular flexibility index (Phi) is 4.42. The Hall–Kier alpha value is -2.27. The highest BCUT2D eigenvalue weighted by Gasteiger charge is 2.14. The van der Waals surface area contributed by atoms with Crippen molar-refractivity contribution in [3.8, 4) is 0 Å². The number of nitrogens with one attached hydrogen (secondary N) is 1. The van der Waals surface area contributed by atoms with Gasteiger partial charge in [0.25, 0.3) is 0 Å². The Bertz CT molecular complexity index is 617. The number of nitrogens with zero attached hydrogens (tertiary/aromatic N) is 1. The number of nitrogen functional groups attached to an aromatic ring is 1. The zero-order valence-corrected chi connectivity index (χ0v) is 11.4. The summed E-state index contributed by atoms with van der Waals surface area (Å²) in [7, 11) is 0. The van der Waals surface area contributed by atoms with E-state index in [9.17, 15) is 4.79 Å². The van der Waals surface area contributed by atoms with Crippen molar-refractivity contribution < 1.29 is 9.90 Å². The molecule has 0 unspecified atom stereocenters. The van der Waals surface area contributed by atoms with Crippen LogP contribution in [0.2, 0.25) is 5.02 Å². The van der Waals surface area contributed by atoms with Gasteiger partial charge in [-0.25, -0.2) is 4.79 Å². The molecule has 0 radical (unpaired) electrons. The number of carboxylic acid groups (broad SMARTS) is 1. The fourth-order valence-electron chi connectivity index (χ4n) is 1.84. The molecule has 1 heterocycles. The van der Waals surface area contributed by atoms with E-state index in [0.717, 1.165) is 5.69 Å². The van der Waals surface area contributed by atoms with Gasteiger partial charge in [0.15, 0.2) is 0 Å². The minimum absolute atomic E-state index is 0.0658. The van der Waals surface area contributed by atoms with E-state index in [1.54, 1.807) is 6.20 Å². The number of hydrogen-bond acceptors (Lipinski definition) is 4. The van der Waals surface area contributed by atoms with E-state index >= 15 is 0 Å². The third-order valence-electron chi connectivity index (χ3n) is 2.75. The highest BCUT2D eigenvalue weighted by Crippen LogP contribution is 2.29. The fraction of sp³-hybridized carbons (Fsp3) is 0.143. The second kappa shape index (κ2) is 6.25. The number of pyridine rings is 1. The molecule has 5 nitrogen and oxygen atoms in total. The van der Waals surface area contributed by atoms with Crippen molar-refractivity contribution in [3.63, 3.8) is 0 Å². The van der Waals surface area contributed by atoms with Crippen molar-refractivity contribution in [1.29, 1.82) is 0 Å². The second-order valence-corrected chi connectivity index (χ2v) is 4.64. The maximum absolute atomic E-state index is 11.2. The molecule has 0 saturated carbocycles. The first-order chi connectivity index (χ1) is 9.58. The standard InChI is InChI=1S/C14H14ClN3O2/c15-12-8-9(16)7-11(14(19)20)13(12)18-6-4-10-3-1-2-5-17-10/h1-3,5,7-8,18H,4,6,16H2,(H,19,20). The Morgan fingerprint density at radius 2 is 2.20 bits per heavy atom. The van der Waals surface area contributed by atoms with Gasteiger partial charge in [0, 0.05) is 30.5 Å². The third kappa shape index (κ3) is 3.39. The topological polar surface area (TPSA) is 88.2 Å². The van der Waals surface area contributed by atoms with Crippen LogP contribution >= 0.6 is 11.6 Å². The van der Waals surface area contributed by atoms with E-state index < -0.39 is 5.97 Å². The van der Waals surface area contributed by atoms with Gasteiger partial charge in [-0.15, -0.1) is 0 Å². The summed E-state index contributed by atoms with van der Waals surface area (Å²) >= 11 is 6.04. The van der Waals surface area contributed by atoms with Crippen LogP contribution in [0.1, 0.15) is 16.1 Å². The normalized spacial score (nSPS) is 10.2. The largest absolute Gasteiger partial charge is 0.478 e. The van der Waals surface area contributed by atoms with Gasteiger partial charge < -0.3 is 16.2 Å². The quantitative estimate of drug-likeness (QED) is 0.737. The molecule has 0 aliphatic rings. The number of carboxylic acids is 1. The Morgan fingerprint density at radius 1 is 1.40 bits per heavy atom. The van der Waals surface area contributed by atoms with Gasteiger partial charge in [-0.05, 0) is 24.3 Å². The summed E-state index contributed by atoms with van der Waals surface area (Å²) in [6.45, 7) is 0.529. The summed E-state index contributed by atoms with van der Waals surface area (Å²) in [4.78, 5) is 15.4. The van der Waals surface area contributed by atoms with Crippen molar-refractivity contribution in [2.75, 3.05) is 17.6 Å². The number of hydrogen-bond donors (Lipinski definition) is 3. The number of benzene rings is 1. The van der Waals surface area contributed by atoms with Crippen molar-refractivity contribution in [2.24, 2.45) is 0 Å². The molecule has 20 heavy (non-hydrogen) atoms. The van der Waals surface area contributed by atoms with Crippen molar-refractivity contribution >= 4 is 28.9 Å². The van der Waals surface area contributed by atoms with Gasteiger partial charge in [0.2, 0.25) is 0 Å².